The Labute approximate surface area is 124 Å². The van der Waals surface area contributed by atoms with Gasteiger partial charge in [0.15, 0.2) is 0 Å². The lowest BCUT2D eigenvalue weighted by Gasteiger charge is -2.23. The second-order valence-corrected chi connectivity index (χ2v) is 5.67. The highest BCUT2D eigenvalue weighted by Crippen LogP contribution is 2.30. The molecule has 0 bridgehead atoms. The maximum atomic E-state index is 12.5. The van der Waals surface area contributed by atoms with Gasteiger partial charge in [0.1, 0.15) is 5.82 Å². The van der Waals surface area contributed by atoms with E-state index < -0.39 is 0 Å². The van der Waals surface area contributed by atoms with E-state index in [0.29, 0.717) is 13.0 Å². The third-order valence-corrected chi connectivity index (χ3v) is 3.94. The zero-order valence-electron chi connectivity index (χ0n) is 12.5. The van der Waals surface area contributed by atoms with Crippen molar-refractivity contribution in [3.05, 3.63) is 35.7 Å². The molecule has 1 fully saturated rings. The lowest BCUT2D eigenvalue weighted by molar-refractivity contribution is -0.132. The number of likely N-dealkylation sites (tertiary alicyclic amines) is 1. The third kappa shape index (κ3) is 2.99. The monoisotopic (exact) mass is 287 g/mol. The molecular weight excluding hydrogens is 266 g/mol. The Kier molecular flexibility index (Phi) is 3.77. The molecule has 1 amide bonds. The number of aromatic nitrogens is 4. The van der Waals surface area contributed by atoms with E-state index in [0.717, 1.165) is 36.6 Å². The molecule has 112 valence electrons. The van der Waals surface area contributed by atoms with Gasteiger partial charge in [-0.1, -0.05) is 0 Å². The Morgan fingerprint density at radius 3 is 3.00 bits per heavy atom. The summed E-state index contributed by atoms with van der Waals surface area (Å²) in [5.74, 6) is 1.09. The van der Waals surface area contributed by atoms with E-state index in [1.807, 2.05) is 41.9 Å². The van der Waals surface area contributed by atoms with Crippen molar-refractivity contribution in [1.82, 2.24) is 24.6 Å². The van der Waals surface area contributed by atoms with Crippen LogP contribution in [0.5, 0.6) is 0 Å². The van der Waals surface area contributed by atoms with Crippen LogP contribution in [0.4, 0.5) is 0 Å². The van der Waals surface area contributed by atoms with E-state index in [4.69, 9.17) is 0 Å². The van der Waals surface area contributed by atoms with Gasteiger partial charge >= 0.3 is 0 Å². The molecule has 1 atom stereocenters. The van der Waals surface area contributed by atoms with Gasteiger partial charge in [0.2, 0.25) is 5.91 Å². The molecule has 3 heterocycles. The molecule has 1 aliphatic heterocycles. The summed E-state index contributed by atoms with van der Waals surface area (Å²) in [6, 6.07) is 2.06. The van der Waals surface area contributed by atoms with Gasteiger partial charge < -0.3 is 9.88 Å². The number of nitrogens with zero attached hydrogens (tertiary/aromatic N) is 4. The van der Waals surface area contributed by atoms with Gasteiger partial charge in [-0.2, -0.15) is 5.10 Å². The van der Waals surface area contributed by atoms with Crippen molar-refractivity contribution in [3.63, 3.8) is 0 Å². The van der Waals surface area contributed by atoms with E-state index in [1.165, 1.54) is 0 Å². The first kappa shape index (κ1) is 13.9. The van der Waals surface area contributed by atoms with Crippen molar-refractivity contribution in [3.8, 4) is 0 Å². The summed E-state index contributed by atoms with van der Waals surface area (Å²) in [6.07, 6.45) is 6.25. The predicted octanol–water partition coefficient (Wildman–Crippen LogP) is 1.98. The smallest absolute Gasteiger partial charge is 0.225 e. The molecule has 0 aromatic carbocycles. The highest BCUT2D eigenvalue weighted by Gasteiger charge is 2.31. The maximum Gasteiger partial charge on any atom is 0.225 e. The maximum absolute atomic E-state index is 12.5. The van der Waals surface area contributed by atoms with E-state index in [2.05, 4.69) is 15.1 Å². The molecule has 2 aromatic heterocycles. The largest absolute Gasteiger partial charge is 0.344 e. The number of hydrogen-bond acceptors (Lipinski definition) is 3. The van der Waals surface area contributed by atoms with Crippen LogP contribution in [0.2, 0.25) is 0 Å². The van der Waals surface area contributed by atoms with Crippen molar-refractivity contribution in [2.75, 3.05) is 6.54 Å². The standard InChI is InChI=1S/C15H21N5O/c1-11-5-8-19(18-11)9-6-14(21)20-7-3-4-13(20)15-16-10-12(2)17-15/h5,8,10,13H,3-4,6-7,9H2,1-2H3,(H,16,17)/t13-/m0/s1. The fraction of sp³-hybridized carbons (Fsp3) is 0.533. The zero-order chi connectivity index (χ0) is 14.8. The number of carbonyl (C=O) groups excluding carboxylic acids is 1. The molecule has 0 radical (unpaired) electrons. The van der Waals surface area contributed by atoms with Gasteiger partial charge in [-0.15, -0.1) is 0 Å². The van der Waals surface area contributed by atoms with Crippen LogP contribution < -0.4 is 0 Å². The molecule has 1 saturated heterocycles. The minimum absolute atomic E-state index is 0.102. The normalized spacial score (nSPS) is 18.4. The molecular formula is C15H21N5O. The SMILES string of the molecule is Cc1ccn(CCC(=O)N2CCC[C@H]2c2ncc(C)[nH]2)n1. The average molecular weight is 287 g/mol. The van der Waals surface area contributed by atoms with E-state index in [-0.39, 0.29) is 11.9 Å². The highest BCUT2D eigenvalue weighted by molar-refractivity contribution is 5.76. The van der Waals surface area contributed by atoms with Crippen molar-refractivity contribution < 1.29 is 4.79 Å². The van der Waals surface area contributed by atoms with Crippen LogP contribution in [0.1, 0.15) is 42.5 Å². The number of carbonyl (C=O) groups is 1. The number of nitrogens with one attached hydrogen (secondary N) is 1. The molecule has 1 aliphatic rings. The fourth-order valence-corrected chi connectivity index (χ4v) is 2.89. The Morgan fingerprint density at radius 1 is 1.48 bits per heavy atom. The lowest BCUT2D eigenvalue weighted by Crippen LogP contribution is -2.31. The number of imidazole rings is 1. The molecule has 0 unspecified atom stereocenters. The first-order valence-electron chi connectivity index (χ1n) is 7.44. The number of aryl methyl sites for hydroxylation is 3. The van der Waals surface area contributed by atoms with Gasteiger partial charge in [-0.05, 0) is 32.8 Å². The summed E-state index contributed by atoms with van der Waals surface area (Å²) in [6.45, 7) is 5.39. The van der Waals surface area contributed by atoms with Gasteiger partial charge in [0, 0.05) is 37.6 Å². The molecule has 0 spiro atoms. The summed E-state index contributed by atoms with van der Waals surface area (Å²) < 4.78 is 1.83. The van der Waals surface area contributed by atoms with E-state index in [1.54, 1.807) is 0 Å². The van der Waals surface area contributed by atoms with Crippen LogP contribution in [0.25, 0.3) is 0 Å². The van der Waals surface area contributed by atoms with Crippen molar-refractivity contribution in [2.45, 2.75) is 45.7 Å². The molecule has 0 saturated carbocycles. The van der Waals surface area contributed by atoms with Crippen molar-refractivity contribution >= 4 is 5.91 Å². The minimum Gasteiger partial charge on any atom is -0.344 e. The number of amides is 1. The van der Waals surface area contributed by atoms with Crippen molar-refractivity contribution in [2.24, 2.45) is 0 Å². The summed E-state index contributed by atoms with van der Waals surface area (Å²) in [5, 5.41) is 4.32. The Morgan fingerprint density at radius 2 is 2.33 bits per heavy atom. The second-order valence-electron chi connectivity index (χ2n) is 5.67. The molecule has 6 nitrogen and oxygen atoms in total. The van der Waals surface area contributed by atoms with Gasteiger partial charge in [0.25, 0.3) is 0 Å². The third-order valence-electron chi connectivity index (χ3n) is 3.94. The van der Waals surface area contributed by atoms with E-state index in [9.17, 15) is 4.79 Å². The predicted molar refractivity (Wildman–Crippen MR) is 78.6 cm³/mol. The van der Waals surface area contributed by atoms with Gasteiger partial charge in [-0.3, -0.25) is 9.48 Å². The Balaban J connectivity index is 1.63. The lowest BCUT2D eigenvalue weighted by atomic mass is 10.2. The average Bonchev–Trinajstić information content (AvgIpc) is 3.16. The van der Waals surface area contributed by atoms with Gasteiger partial charge in [0.05, 0.1) is 11.7 Å². The molecule has 3 rings (SSSR count). The summed E-state index contributed by atoms with van der Waals surface area (Å²) in [7, 11) is 0. The molecule has 2 aromatic rings. The number of aromatic amines is 1. The summed E-state index contributed by atoms with van der Waals surface area (Å²) in [5.41, 5.74) is 2.02. The summed E-state index contributed by atoms with van der Waals surface area (Å²) in [4.78, 5) is 22.1. The molecule has 6 heteroatoms. The van der Waals surface area contributed by atoms with Crippen LogP contribution in [0.15, 0.2) is 18.5 Å². The summed E-state index contributed by atoms with van der Waals surface area (Å²) >= 11 is 0. The number of H-pyrrole nitrogens is 1. The van der Waals surface area contributed by atoms with Crippen molar-refractivity contribution in [1.29, 1.82) is 0 Å². The second kappa shape index (κ2) is 5.71. The van der Waals surface area contributed by atoms with Crippen LogP contribution in [-0.2, 0) is 11.3 Å². The van der Waals surface area contributed by atoms with Crippen LogP contribution in [0.3, 0.4) is 0 Å². The quantitative estimate of drug-likeness (QED) is 0.935. The fourth-order valence-electron chi connectivity index (χ4n) is 2.89. The molecule has 21 heavy (non-hydrogen) atoms. The topological polar surface area (TPSA) is 66.8 Å². The molecule has 0 aliphatic carbocycles. The van der Waals surface area contributed by atoms with Crippen LogP contribution in [-0.4, -0.2) is 37.1 Å². The first-order chi connectivity index (χ1) is 10.1. The van der Waals surface area contributed by atoms with Crippen LogP contribution in [0, 0.1) is 13.8 Å². The Hall–Kier alpha value is -2.11. The Bertz CT molecular complexity index is 630. The first-order valence-corrected chi connectivity index (χ1v) is 7.44. The van der Waals surface area contributed by atoms with E-state index >= 15 is 0 Å². The highest BCUT2D eigenvalue weighted by atomic mass is 16.2. The van der Waals surface area contributed by atoms with Crippen LogP contribution >= 0.6 is 0 Å². The number of hydrogen-bond donors (Lipinski definition) is 1. The minimum atomic E-state index is 0.102. The zero-order valence-corrected chi connectivity index (χ0v) is 12.5. The van der Waals surface area contributed by atoms with Gasteiger partial charge in [-0.25, -0.2) is 4.98 Å². The molecule has 1 N–H and O–H groups in total. The number of rotatable bonds is 4.